The molecule has 0 fully saturated rings. The van der Waals surface area contributed by atoms with Crippen molar-refractivity contribution in [2.75, 3.05) is 7.05 Å². The van der Waals surface area contributed by atoms with Gasteiger partial charge in [0.15, 0.2) is 0 Å². The van der Waals surface area contributed by atoms with Crippen LogP contribution in [0, 0.1) is 0 Å². The molecule has 0 atom stereocenters. The Bertz CT molecular complexity index is 682. The van der Waals surface area contributed by atoms with Crippen molar-refractivity contribution in [2.45, 2.75) is 11.4 Å². The molecule has 2 rings (SSSR count). The normalized spacial score (nSPS) is 12.0. The van der Waals surface area contributed by atoms with Gasteiger partial charge < -0.3 is 0 Å². The van der Waals surface area contributed by atoms with Crippen molar-refractivity contribution in [3.05, 3.63) is 47.2 Å². The SMILES string of the molecule is CN(Cc1cnn(C)c1)S(=O)(=O)c1cccc(Cl)c1. The van der Waals surface area contributed by atoms with Crippen LogP contribution < -0.4 is 0 Å². The van der Waals surface area contributed by atoms with Crippen LogP contribution in [0.25, 0.3) is 0 Å². The summed E-state index contributed by atoms with van der Waals surface area (Å²) < 4.78 is 27.6. The largest absolute Gasteiger partial charge is 0.275 e. The molecule has 1 heterocycles. The number of rotatable bonds is 4. The van der Waals surface area contributed by atoms with Crippen molar-refractivity contribution < 1.29 is 8.42 Å². The number of aromatic nitrogens is 2. The quantitative estimate of drug-likeness (QED) is 0.866. The van der Waals surface area contributed by atoms with Gasteiger partial charge >= 0.3 is 0 Å². The number of hydrogen-bond donors (Lipinski definition) is 0. The minimum Gasteiger partial charge on any atom is -0.275 e. The predicted octanol–water partition coefficient (Wildman–Crippen LogP) is 1.89. The number of sulfonamides is 1. The van der Waals surface area contributed by atoms with Gasteiger partial charge in [-0.05, 0) is 18.2 Å². The summed E-state index contributed by atoms with van der Waals surface area (Å²) in [5.74, 6) is 0. The topological polar surface area (TPSA) is 55.2 Å². The molecule has 1 aromatic carbocycles. The zero-order valence-electron chi connectivity index (χ0n) is 10.6. The third-order valence-electron chi connectivity index (χ3n) is 2.67. The highest BCUT2D eigenvalue weighted by molar-refractivity contribution is 7.89. The van der Waals surface area contributed by atoms with E-state index in [2.05, 4.69) is 5.10 Å². The third-order valence-corrected chi connectivity index (χ3v) is 4.70. The summed E-state index contributed by atoms with van der Waals surface area (Å²) in [6.07, 6.45) is 3.42. The van der Waals surface area contributed by atoms with Crippen molar-refractivity contribution >= 4 is 21.6 Å². The lowest BCUT2D eigenvalue weighted by molar-refractivity contribution is 0.466. The summed E-state index contributed by atoms with van der Waals surface area (Å²) in [6.45, 7) is 0.267. The van der Waals surface area contributed by atoms with Crippen molar-refractivity contribution in [3.63, 3.8) is 0 Å². The molecule has 7 heteroatoms. The van der Waals surface area contributed by atoms with E-state index in [9.17, 15) is 8.42 Å². The van der Waals surface area contributed by atoms with E-state index in [0.29, 0.717) is 5.02 Å². The molecular weight excluding hydrogens is 286 g/mol. The number of halogens is 1. The predicted molar refractivity (Wildman–Crippen MR) is 73.3 cm³/mol. The van der Waals surface area contributed by atoms with Crippen molar-refractivity contribution in [3.8, 4) is 0 Å². The summed E-state index contributed by atoms with van der Waals surface area (Å²) in [6, 6.07) is 6.23. The van der Waals surface area contributed by atoms with Crippen molar-refractivity contribution in [1.82, 2.24) is 14.1 Å². The van der Waals surface area contributed by atoms with Crippen LogP contribution in [0.15, 0.2) is 41.6 Å². The Kier molecular flexibility index (Phi) is 3.93. The van der Waals surface area contributed by atoms with Crippen LogP contribution in [-0.4, -0.2) is 29.6 Å². The van der Waals surface area contributed by atoms with Gasteiger partial charge in [-0.15, -0.1) is 0 Å². The molecule has 0 spiro atoms. The molecule has 0 aliphatic carbocycles. The fourth-order valence-electron chi connectivity index (χ4n) is 1.70. The Morgan fingerprint density at radius 2 is 2.16 bits per heavy atom. The van der Waals surface area contributed by atoms with Crippen LogP contribution in [0.1, 0.15) is 5.56 Å². The molecule has 0 radical (unpaired) electrons. The van der Waals surface area contributed by atoms with Gasteiger partial charge in [0, 0.05) is 37.4 Å². The van der Waals surface area contributed by atoms with Gasteiger partial charge in [0.2, 0.25) is 10.0 Å². The molecule has 0 bridgehead atoms. The maximum absolute atomic E-state index is 12.3. The average molecular weight is 300 g/mol. The molecule has 5 nitrogen and oxygen atoms in total. The van der Waals surface area contributed by atoms with Gasteiger partial charge in [-0.25, -0.2) is 8.42 Å². The van der Waals surface area contributed by atoms with Crippen LogP contribution in [0.4, 0.5) is 0 Å². The Hall–Kier alpha value is -1.37. The highest BCUT2D eigenvalue weighted by atomic mass is 35.5. The molecule has 0 unspecified atom stereocenters. The van der Waals surface area contributed by atoms with Crippen LogP contribution >= 0.6 is 11.6 Å². The standard InChI is InChI=1S/C12H14ClN3O2S/c1-15-8-10(7-14-15)9-16(2)19(17,18)12-5-3-4-11(13)6-12/h3-8H,9H2,1-2H3. The van der Waals surface area contributed by atoms with Gasteiger partial charge in [0.05, 0.1) is 11.1 Å². The minimum atomic E-state index is -3.54. The van der Waals surface area contributed by atoms with Crippen LogP contribution in [0.2, 0.25) is 5.02 Å². The molecule has 1 aromatic heterocycles. The number of nitrogens with zero attached hydrogens (tertiary/aromatic N) is 3. The smallest absolute Gasteiger partial charge is 0.243 e. The monoisotopic (exact) mass is 299 g/mol. The Morgan fingerprint density at radius 3 is 2.74 bits per heavy atom. The first-order chi connectivity index (χ1) is 8.89. The van der Waals surface area contributed by atoms with Gasteiger partial charge in [0.1, 0.15) is 0 Å². The van der Waals surface area contributed by atoms with Gasteiger partial charge in [0.25, 0.3) is 0 Å². The first kappa shape index (κ1) is 14.0. The summed E-state index contributed by atoms with van der Waals surface area (Å²) >= 11 is 5.82. The van der Waals surface area contributed by atoms with Crippen molar-refractivity contribution in [2.24, 2.45) is 7.05 Å². The summed E-state index contributed by atoms with van der Waals surface area (Å²) in [5, 5.41) is 4.41. The maximum atomic E-state index is 12.3. The molecule has 19 heavy (non-hydrogen) atoms. The van der Waals surface area contributed by atoms with Gasteiger partial charge in [-0.2, -0.15) is 9.40 Å². The van der Waals surface area contributed by atoms with E-state index >= 15 is 0 Å². The average Bonchev–Trinajstić information content (AvgIpc) is 2.74. The highest BCUT2D eigenvalue weighted by Crippen LogP contribution is 2.19. The zero-order valence-corrected chi connectivity index (χ0v) is 12.2. The third kappa shape index (κ3) is 3.15. The van der Waals surface area contributed by atoms with Crippen LogP contribution in [0.5, 0.6) is 0 Å². The lowest BCUT2D eigenvalue weighted by Crippen LogP contribution is -2.26. The fraction of sp³-hybridized carbons (Fsp3) is 0.250. The second-order valence-corrected chi connectivity index (χ2v) is 6.72. The first-order valence-corrected chi connectivity index (χ1v) is 7.41. The highest BCUT2D eigenvalue weighted by Gasteiger charge is 2.21. The Labute approximate surface area is 117 Å². The van der Waals surface area contributed by atoms with Crippen LogP contribution in [0.3, 0.4) is 0 Å². The minimum absolute atomic E-state index is 0.186. The lowest BCUT2D eigenvalue weighted by Gasteiger charge is -2.16. The van der Waals surface area contributed by atoms with E-state index in [1.165, 1.54) is 23.5 Å². The molecule has 102 valence electrons. The van der Waals surface area contributed by atoms with Gasteiger partial charge in [-0.3, -0.25) is 4.68 Å². The molecule has 0 aliphatic heterocycles. The summed E-state index contributed by atoms with van der Waals surface area (Å²) in [7, 11) is -0.221. The number of hydrogen-bond acceptors (Lipinski definition) is 3. The molecule has 2 aromatic rings. The molecule has 0 N–H and O–H groups in total. The first-order valence-electron chi connectivity index (χ1n) is 5.59. The van der Waals surface area contributed by atoms with E-state index in [4.69, 9.17) is 11.6 Å². The second-order valence-electron chi connectivity index (χ2n) is 4.24. The second kappa shape index (κ2) is 5.32. The number of benzene rings is 1. The molecule has 0 saturated carbocycles. The lowest BCUT2D eigenvalue weighted by atomic mass is 10.4. The van der Waals surface area contributed by atoms with E-state index in [-0.39, 0.29) is 11.4 Å². The maximum Gasteiger partial charge on any atom is 0.243 e. The van der Waals surface area contributed by atoms with E-state index < -0.39 is 10.0 Å². The van der Waals surface area contributed by atoms with E-state index in [0.717, 1.165) is 5.56 Å². The number of aryl methyl sites for hydroxylation is 1. The zero-order chi connectivity index (χ0) is 14.0. The molecule has 0 amide bonds. The fourth-order valence-corrected chi connectivity index (χ4v) is 3.16. The molecular formula is C12H14ClN3O2S. The summed E-state index contributed by atoms with van der Waals surface area (Å²) in [4.78, 5) is 0.186. The summed E-state index contributed by atoms with van der Waals surface area (Å²) in [5.41, 5.74) is 0.829. The van der Waals surface area contributed by atoms with Gasteiger partial charge in [-0.1, -0.05) is 17.7 Å². The molecule has 0 saturated heterocycles. The Morgan fingerprint density at radius 1 is 1.42 bits per heavy atom. The molecule has 0 aliphatic rings. The van der Waals surface area contributed by atoms with E-state index in [1.54, 1.807) is 36.3 Å². The van der Waals surface area contributed by atoms with Crippen molar-refractivity contribution in [1.29, 1.82) is 0 Å². The Balaban J connectivity index is 2.24. The van der Waals surface area contributed by atoms with E-state index in [1.807, 2.05) is 0 Å². The van der Waals surface area contributed by atoms with Crippen LogP contribution in [-0.2, 0) is 23.6 Å².